The largest absolute Gasteiger partial charge is 0.392 e. The van der Waals surface area contributed by atoms with Crippen LogP contribution in [0.15, 0.2) is 36.0 Å². The van der Waals surface area contributed by atoms with Gasteiger partial charge in [0.05, 0.1) is 11.5 Å². The molecule has 3 aromatic rings. The molecule has 1 unspecified atom stereocenters. The van der Waals surface area contributed by atoms with E-state index < -0.39 is 6.10 Å². The molecule has 0 spiro atoms. The number of hydrogen-bond acceptors (Lipinski definition) is 5. The molecule has 2 heterocycles. The van der Waals surface area contributed by atoms with Crippen molar-refractivity contribution < 1.29 is 5.11 Å². The summed E-state index contributed by atoms with van der Waals surface area (Å²) in [6.07, 6.45) is 1.10. The molecule has 0 aliphatic carbocycles. The Morgan fingerprint density at radius 3 is 2.76 bits per heavy atom. The van der Waals surface area contributed by atoms with Crippen LogP contribution in [0, 0.1) is 0 Å². The van der Waals surface area contributed by atoms with E-state index in [9.17, 15) is 5.11 Å². The molecular formula is C15H14ClN3OS. The molecule has 4 nitrogen and oxygen atoms in total. The minimum absolute atomic E-state index is 0.437. The summed E-state index contributed by atoms with van der Waals surface area (Å²) in [7, 11) is 0. The number of benzene rings is 1. The molecule has 0 saturated heterocycles. The Kier molecular flexibility index (Phi) is 4.05. The van der Waals surface area contributed by atoms with Gasteiger partial charge in [-0.1, -0.05) is 23.7 Å². The molecule has 0 fully saturated rings. The molecule has 0 radical (unpaired) electrons. The molecule has 2 aromatic heterocycles. The first-order chi connectivity index (χ1) is 10.1. The fourth-order valence-corrected chi connectivity index (χ4v) is 3.14. The number of halogens is 1. The van der Waals surface area contributed by atoms with Crippen LogP contribution in [0.2, 0.25) is 5.02 Å². The van der Waals surface area contributed by atoms with Crippen molar-refractivity contribution in [1.29, 1.82) is 0 Å². The third-order valence-electron chi connectivity index (χ3n) is 3.09. The van der Waals surface area contributed by atoms with Crippen molar-refractivity contribution >= 4 is 39.0 Å². The summed E-state index contributed by atoms with van der Waals surface area (Å²) in [5.74, 6) is 0.743. The smallest absolute Gasteiger partial charge is 0.138 e. The van der Waals surface area contributed by atoms with Gasteiger partial charge in [-0.05, 0) is 24.6 Å². The van der Waals surface area contributed by atoms with E-state index in [2.05, 4.69) is 20.7 Å². The van der Waals surface area contributed by atoms with Crippen LogP contribution < -0.4 is 5.32 Å². The molecule has 21 heavy (non-hydrogen) atoms. The minimum Gasteiger partial charge on any atom is -0.392 e. The molecule has 0 aliphatic heterocycles. The Bertz CT molecular complexity index is 755. The Morgan fingerprint density at radius 2 is 2.05 bits per heavy atom. The molecule has 0 amide bonds. The van der Waals surface area contributed by atoms with E-state index >= 15 is 0 Å². The average molecular weight is 320 g/mol. The average Bonchev–Trinajstić information content (AvgIpc) is 2.90. The van der Waals surface area contributed by atoms with Gasteiger partial charge in [0.15, 0.2) is 0 Å². The molecule has 1 atom stereocenters. The number of rotatable bonds is 4. The van der Waals surface area contributed by atoms with Crippen LogP contribution in [0.25, 0.3) is 21.3 Å². The number of aromatic nitrogens is 2. The number of thiophene rings is 1. The maximum atomic E-state index is 9.44. The number of nitrogens with zero attached hydrogens (tertiary/aromatic N) is 2. The first kappa shape index (κ1) is 14.3. The van der Waals surface area contributed by atoms with Crippen LogP contribution in [0.5, 0.6) is 0 Å². The molecule has 108 valence electrons. The highest BCUT2D eigenvalue weighted by Gasteiger charge is 2.13. The van der Waals surface area contributed by atoms with Gasteiger partial charge in [0.2, 0.25) is 0 Å². The predicted molar refractivity (Wildman–Crippen MR) is 88.0 cm³/mol. The Balaban J connectivity index is 2.08. The number of aliphatic hydroxyl groups is 1. The van der Waals surface area contributed by atoms with Crippen molar-refractivity contribution in [2.24, 2.45) is 0 Å². The molecular weight excluding hydrogens is 306 g/mol. The van der Waals surface area contributed by atoms with Crippen LogP contribution >= 0.6 is 22.9 Å². The van der Waals surface area contributed by atoms with E-state index in [-0.39, 0.29) is 0 Å². The normalized spacial score (nSPS) is 12.5. The van der Waals surface area contributed by atoms with Crippen molar-refractivity contribution in [2.75, 3.05) is 11.9 Å². The van der Waals surface area contributed by atoms with Gasteiger partial charge in [-0.15, -0.1) is 11.3 Å². The maximum Gasteiger partial charge on any atom is 0.138 e. The van der Waals surface area contributed by atoms with E-state index in [0.29, 0.717) is 11.6 Å². The van der Waals surface area contributed by atoms with Crippen molar-refractivity contribution in [2.45, 2.75) is 13.0 Å². The molecule has 0 saturated carbocycles. The zero-order valence-electron chi connectivity index (χ0n) is 11.4. The van der Waals surface area contributed by atoms with Crippen LogP contribution in [-0.2, 0) is 0 Å². The van der Waals surface area contributed by atoms with Crippen LogP contribution in [0.1, 0.15) is 6.92 Å². The SMILES string of the molecule is CC(O)CNc1ncnc2scc(-c3ccc(Cl)cc3)c12. The highest BCUT2D eigenvalue weighted by atomic mass is 35.5. The third-order valence-corrected chi connectivity index (χ3v) is 4.23. The summed E-state index contributed by atoms with van der Waals surface area (Å²) in [5.41, 5.74) is 2.14. The maximum absolute atomic E-state index is 9.44. The molecule has 2 N–H and O–H groups in total. The van der Waals surface area contributed by atoms with Crippen molar-refractivity contribution in [3.63, 3.8) is 0 Å². The third kappa shape index (κ3) is 3.00. The summed E-state index contributed by atoms with van der Waals surface area (Å²) in [5, 5.41) is 16.4. The van der Waals surface area contributed by atoms with Crippen LogP contribution in [0.3, 0.4) is 0 Å². The summed E-state index contributed by atoms with van der Waals surface area (Å²) in [6.45, 7) is 2.18. The van der Waals surface area contributed by atoms with Gasteiger partial charge >= 0.3 is 0 Å². The van der Waals surface area contributed by atoms with Crippen molar-refractivity contribution in [3.05, 3.63) is 41.0 Å². The number of fused-ring (bicyclic) bond motifs is 1. The van der Waals surface area contributed by atoms with E-state index in [1.165, 1.54) is 6.33 Å². The second-order valence-corrected chi connectivity index (χ2v) is 6.08. The van der Waals surface area contributed by atoms with Gasteiger partial charge < -0.3 is 10.4 Å². The summed E-state index contributed by atoms with van der Waals surface area (Å²) < 4.78 is 0. The monoisotopic (exact) mass is 319 g/mol. The lowest BCUT2D eigenvalue weighted by Gasteiger charge is -2.09. The van der Waals surface area contributed by atoms with E-state index in [0.717, 1.165) is 27.2 Å². The fraction of sp³-hybridized carbons (Fsp3) is 0.200. The molecule has 3 rings (SSSR count). The standard InChI is InChI=1S/C15H14ClN3OS/c1-9(20)6-17-14-13-12(7-21-15(13)19-8-18-14)10-2-4-11(16)5-3-10/h2-5,7-9,20H,6H2,1H3,(H,17,18,19). The summed E-state index contributed by atoms with van der Waals surface area (Å²) >= 11 is 7.52. The Morgan fingerprint density at radius 1 is 1.29 bits per heavy atom. The van der Waals surface area contributed by atoms with Crippen LogP contribution in [0.4, 0.5) is 5.82 Å². The van der Waals surface area contributed by atoms with Crippen molar-refractivity contribution in [1.82, 2.24) is 9.97 Å². The number of aliphatic hydroxyl groups excluding tert-OH is 1. The van der Waals surface area contributed by atoms with E-state index in [1.54, 1.807) is 18.3 Å². The van der Waals surface area contributed by atoms with Gasteiger partial charge in [-0.3, -0.25) is 0 Å². The number of hydrogen-bond donors (Lipinski definition) is 2. The highest BCUT2D eigenvalue weighted by molar-refractivity contribution is 7.17. The van der Waals surface area contributed by atoms with Gasteiger partial charge in [0, 0.05) is 22.5 Å². The number of nitrogens with one attached hydrogen (secondary N) is 1. The minimum atomic E-state index is -0.437. The van der Waals surface area contributed by atoms with Gasteiger partial charge in [-0.25, -0.2) is 9.97 Å². The van der Waals surface area contributed by atoms with Gasteiger partial charge in [-0.2, -0.15) is 0 Å². The summed E-state index contributed by atoms with van der Waals surface area (Å²) in [4.78, 5) is 9.53. The Hall–Kier alpha value is -1.69. The quantitative estimate of drug-likeness (QED) is 0.768. The molecule has 0 bridgehead atoms. The van der Waals surface area contributed by atoms with Gasteiger partial charge in [0.1, 0.15) is 17.0 Å². The van der Waals surface area contributed by atoms with E-state index in [1.807, 2.05) is 24.3 Å². The molecule has 0 aliphatic rings. The fourth-order valence-electron chi connectivity index (χ4n) is 2.10. The zero-order valence-corrected chi connectivity index (χ0v) is 12.9. The topological polar surface area (TPSA) is 58.0 Å². The lowest BCUT2D eigenvalue weighted by Crippen LogP contribution is -2.16. The molecule has 1 aromatic carbocycles. The van der Waals surface area contributed by atoms with Gasteiger partial charge in [0.25, 0.3) is 0 Å². The van der Waals surface area contributed by atoms with Crippen molar-refractivity contribution in [3.8, 4) is 11.1 Å². The first-order valence-electron chi connectivity index (χ1n) is 6.55. The summed E-state index contributed by atoms with van der Waals surface area (Å²) in [6, 6.07) is 7.70. The van der Waals surface area contributed by atoms with Crippen LogP contribution in [-0.4, -0.2) is 27.7 Å². The molecule has 6 heteroatoms. The number of anilines is 1. The lowest BCUT2D eigenvalue weighted by molar-refractivity contribution is 0.208. The second kappa shape index (κ2) is 5.97. The van der Waals surface area contributed by atoms with E-state index in [4.69, 9.17) is 11.6 Å². The predicted octanol–water partition coefficient (Wildman–Crippen LogP) is 3.80. The second-order valence-electron chi connectivity index (χ2n) is 4.79. The lowest BCUT2D eigenvalue weighted by atomic mass is 10.1. The Labute approximate surface area is 131 Å². The first-order valence-corrected chi connectivity index (χ1v) is 7.81. The zero-order chi connectivity index (χ0) is 14.8. The highest BCUT2D eigenvalue weighted by Crippen LogP contribution is 2.36.